The molecule has 0 aliphatic carbocycles. The zero-order valence-electron chi connectivity index (χ0n) is 8.19. The first-order valence-electron chi connectivity index (χ1n) is 4.41. The molecule has 0 aliphatic heterocycles. The van der Waals surface area contributed by atoms with E-state index in [9.17, 15) is 4.79 Å². The Morgan fingerprint density at radius 2 is 2.43 bits per heavy atom. The largest absolute Gasteiger partial charge is 0.462 e. The fourth-order valence-corrected chi connectivity index (χ4v) is 0.931. The summed E-state index contributed by atoms with van der Waals surface area (Å²) in [5.74, 6) is -0.339. The molecule has 0 aromatic carbocycles. The molecule has 0 atom stereocenters. The van der Waals surface area contributed by atoms with Gasteiger partial charge in [0.15, 0.2) is 0 Å². The molecule has 3 nitrogen and oxygen atoms in total. The molecule has 14 heavy (non-hydrogen) atoms. The molecule has 0 fully saturated rings. The van der Waals surface area contributed by atoms with Crippen LogP contribution in [-0.4, -0.2) is 17.6 Å². The summed E-state index contributed by atoms with van der Waals surface area (Å²) in [6, 6.07) is 3.80. The zero-order valence-corrected chi connectivity index (χ0v) is 8.19. The van der Waals surface area contributed by atoms with Crippen LogP contribution in [-0.2, 0) is 16.0 Å². The molecule has 0 bridgehead atoms. The number of esters is 1. The van der Waals surface area contributed by atoms with Crippen molar-refractivity contribution in [2.75, 3.05) is 6.61 Å². The number of nitrogens with zero attached hydrogens (tertiary/aromatic N) is 1. The van der Waals surface area contributed by atoms with E-state index in [1.165, 1.54) is 0 Å². The minimum atomic E-state index is -0.339. The van der Waals surface area contributed by atoms with Gasteiger partial charge in [-0.1, -0.05) is 12.6 Å². The summed E-state index contributed by atoms with van der Waals surface area (Å²) in [5, 5.41) is 0. The highest BCUT2D eigenvalue weighted by molar-refractivity contribution is 5.86. The molecule has 0 N–H and O–H groups in total. The third kappa shape index (κ3) is 3.39. The third-order valence-electron chi connectivity index (χ3n) is 1.70. The molecule has 0 unspecified atom stereocenters. The van der Waals surface area contributed by atoms with Crippen molar-refractivity contribution in [3.05, 3.63) is 42.2 Å². The number of hydrogen-bond donors (Lipinski definition) is 0. The predicted molar refractivity (Wildman–Crippen MR) is 53.7 cm³/mol. The van der Waals surface area contributed by atoms with Crippen LogP contribution in [0.5, 0.6) is 0 Å². The van der Waals surface area contributed by atoms with Gasteiger partial charge in [-0.2, -0.15) is 0 Å². The maximum Gasteiger partial charge on any atom is 0.333 e. The summed E-state index contributed by atoms with van der Waals surface area (Å²) >= 11 is 0. The second-order valence-corrected chi connectivity index (χ2v) is 3.03. The molecule has 1 heterocycles. The number of rotatable bonds is 4. The topological polar surface area (TPSA) is 39.2 Å². The van der Waals surface area contributed by atoms with Crippen LogP contribution in [0.15, 0.2) is 36.7 Å². The summed E-state index contributed by atoms with van der Waals surface area (Å²) in [6.45, 7) is 5.50. The molecule has 74 valence electrons. The molecular formula is C11H13NO2. The summed E-state index contributed by atoms with van der Waals surface area (Å²) in [4.78, 5) is 15.0. The van der Waals surface area contributed by atoms with Gasteiger partial charge in [0.1, 0.15) is 0 Å². The maximum absolute atomic E-state index is 11.0. The van der Waals surface area contributed by atoms with Crippen molar-refractivity contribution < 1.29 is 9.53 Å². The number of ether oxygens (including phenoxy) is 1. The summed E-state index contributed by atoms with van der Waals surface area (Å²) in [6.07, 6.45) is 4.16. The molecule has 0 radical (unpaired) electrons. The maximum atomic E-state index is 11.0. The molecule has 0 aliphatic rings. The Morgan fingerprint density at radius 1 is 1.64 bits per heavy atom. The second kappa shape index (κ2) is 5.17. The van der Waals surface area contributed by atoms with Crippen LogP contribution in [0.2, 0.25) is 0 Å². The third-order valence-corrected chi connectivity index (χ3v) is 1.70. The molecule has 1 aromatic heterocycles. The minimum Gasteiger partial charge on any atom is -0.462 e. The lowest BCUT2D eigenvalue weighted by Crippen LogP contribution is -2.07. The zero-order chi connectivity index (χ0) is 10.4. The van der Waals surface area contributed by atoms with Gasteiger partial charge in [0.2, 0.25) is 0 Å². The smallest absolute Gasteiger partial charge is 0.333 e. The Kier molecular flexibility index (Phi) is 3.85. The Balaban J connectivity index is 2.29. The lowest BCUT2D eigenvalue weighted by Gasteiger charge is -2.03. The van der Waals surface area contributed by atoms with E-state index < -0.39 is 0 Å². The van der Waals surface area contributed by atoms with E-state index >= 15 is 0 Å². The van der Waals surface area contributed by atoms with Crippen LogP contribution in [0, 0.1) is 0 Å². The van der Waals surface area contributed by atoms with Crippen LogP contribution in [0.3, 0.4) is 0 Å². The highest BCUT2D eigenvalue weighted by atomic mass is 16.5. The van der Waals surface area contributed by atoms with Crippen molar-refractivity contribution in [2.24, 2.45) is 0 Å². The predicted octanol–water partition coefficient (Wildman–Crippen LogP) is 1.74. The molecule has 0 saturated heterocycles. The normalized spacial score (nSPS) is 9.50. The van der Waals surface area contributed by atoms with Gasteiger partial charge in [0.25, 0.3) is 0 Å². The summed E-state index contributed by atoms with van der Waals surface area (Å²) in [5.41, 5.74) is 1.48. The lowest BCUT2D eigenvalue weighted by molar-refractivity contribution is -0.138. The van der Waals surface area contributed by atoms with Crippen molar-refractivity contribution in [3.8, 4) is 0 Å². The van der Waals surface area contributed by atoms with Crippen molar-refractivity contribution >= 4 is 5.97 Å². The van der Waals surface area contributed by atoms with E-state index in [0.29, 0.717) is 18.6 Å². The van der Waals surface area contributed by atoms with Crippen molar-refractivity contribution in [3.63, 3.8) is 0 Å². The molecule has 0 spiro atoms. The standard InChI is InChI=1S/C11H13NO2/c1-9(2)11(13)14-7-5-10-4-3-6-12-8-10/h3-4,6,8H,1,5,7H2,2H3. The first kappa shape index (κ1) is 10.4. The van der Waals surface area contributed by atoms with Crippen LogP contribution in [0.25, 0.3) is 0 Å². The Bertz CT molecular complexity index is 319. The average Bonchev–Trinajstić information content (AvgIpc) is 2.19. The van der Waals surface area contributed by atoms with Crippen LogP contribution >= 0.6 is 0 Å². The van der Waals surface area contributed by atoms with Crippen molar-refractivity contribution in [1.82, 2.24) is 4.98 Å². The number of carbonyl (C=O) groups excluding carboxylic acids is 1. The van der Waals surface area contributed by atoms with Crippen molar-refractivity contribution in [2.45, 2.75) is 13.3 Å². The highest BCUT2D eigenvalue weighted by Gasteiger charge is 2.02. The highest BCUT2D eigenvalue weighted by Crippen LogP contribution is 1.99. The second-order valence-electron chi connectivity index (χ2n) is 3.03. The monoisotopic (exact) mass is 191 g/mol. The molecule has 3 heteroatoms. The first-order chi connectivity index (χ1) is 6.70. The molecule has 1 rings (SSSR count). The average molecular weight is 191 g/mol. The van der Waals surface area contributed by atoms with Gasteiger partial charge in [-0.05, 0) is 18.6 Å². The summed E-state index contributed by atoms with van der Waals surface area (Å²) in [7, 11) is 0. The number of aromatic nitrogens is 1. The van der Waals surface area contributed by atoms with Gasteiger partial charge in [0, 0.05) is 24.4 Å². The van der Waals surface area contributed by atoms with Crippen molar-refractivity contribution in [1.29, 1.82) is 0 Å². The Hall–Kier alpha value is -1.64. The van der Waals surface area contributed by atoms with Gasteiger partial charge >= 0.3 is 5.97 Å². The first-order valence-corrected chi connectivity index (χ1v) is 4.41. The Labute approximate surface area is 83.4 Å². The molecule has 0 amide bonds. The Morgan fingerprint density at radius 3 is 3.00 bits per heavy atom. The number of carbonyl (C=O) groups is 1. The quantitative estimate of drug-likeness (QED) is 0.537. The van der Waals surface area contributed by atoms with Gasteiger partial charge in [-0.25, -0.2) is 4.79 Å². The van der Waals surface area contributed by atoms with E-state index in [2.05, 4.69) is 11.6 Å². The van der Waals surface area contributed by atoms with Gasteiger partial charge < -0.3 is 4.74 Å². The fraction of sp³-hybridized carbons (Fsp3) is 0.273. The van der Waals surface area contributed by atoms with E-state index in [-0.39, 0.29) is 5.97 Å². The van der Waals surface area contributed by atoms with E-state index in [1.54, 1.807) is 19.3 Å². The van der Waals surface area contributed by atoms with Crippen LogP contribution in [0.4, 0.5) is 0 Å². The van der Waals surface area contributed by atoms with Gasteiger partial charge in [0.05, 0.1) is 6.61 Å². The fourth-order valence-electron chi connectivity index (χ4n) is 0.931. The molecular weight excluding hydrogens is 178 g/mol. The number of hydrogen-bond acceptors (Lipinski definition) is 3. The number of pyridine rings is 1. The molecule has 1 aromatic rings. The van der Waals surface area contributed by atoms with Gasteiger partial charge in [-0.15, -0.1) is 0 Å². The lowest BCUT2D eigenvalue weighted by atomic mass is 10.2. The van der Waals surface area contributed by atoms with E-state index in [4.69, 9.17) is 4.74 Å². The van der Waals surface area contributed by atoms with Gasteiger partial charge in [-0.3, -0.25) is 4.98 Å². The minimum absolute atomic E-state index is 0.339. The molecule has 0 saturated carbocycles. The van der Waals surface area contributed by atoms with Crippen LogP contribution < -0.4 is 0 Å². The van der Waals surface area contributed by atoms with Crippen LogP contribution in [0.1, 0.15) is 12.5 Å². The summed E-state index contributed by atoms with van der Waals surface area (Å²) < 4.78 is 4.94. The van der Waals surface area contributed by atoms with E-state index in [0.717, 1.165) is 5.56 Å². The SMILES string of the molecule is C=C(C)C(=O)OCCc1cccnc1. The van der Waals surface area contributed by atoms with E-state index in [1.807, 2.05) is 12.1 Å².